The lowest BCUT2D eigenvalue weighted by molar-refractivity contribution is 0.214. The summed E-state index contributed by atoms with van der Waals surface area (Å²) in [4.78, 5) is 4.09. The molecule has 100 valence electrons. The third-order valence-electron chi connectivity index (χ3n) is 2.87. The SMILES string of the molecule is COc1ccc(C(O)c2ncc(Cl)cc2Cl)c(C)c1. The molecule has 0 radical (unpaired) electrons. The second kappa shape index (κ2) is 5.78. The summed E-state index contributed by atoms with van der Waals surface area (Å²) >= 11 is 11.8. The molecule has 1 unspecified atom stereocenters. The van der Waals surface area contributed by atoms with E-state index in [-0.39, 0.29) is 0 Å². The molecule has 0 saturated carbocycles. The van der Waals surface area contributed by atoms with E-state index in [0.29, 0.717) is 15.7 Å². The van der Waals surface area contributed by atoms with Gasteiger partial charge in [0.1, 0.15) is 11.9 Å². The average Bonchev–Trinajstić information content (AvgIpc) is 2.37. The normalized spacial score (nSPS) is 12.3. The summed E-state index contributed by atoms with van der Waals surface area (Å²) in [5.74, 6) is 0.739. The highest BCUT2D eigenvalue weighted by atomic mass is 35.5. The van der Waals surface area contributed by atoms with Gasteiger partial charge in [-0.3, -0.25) is 4.98 Å². The van der Waals surface area contributed by atoms with Gasteiger partial charge >= 0.3 is 0 Å². The maximum Gasteiger partial charge on any atom is 0.123 e. The Morgan fingerprint density at radius 3 is 2.58 bits per heavy atom. The number of rotatable bonds is 3. The molecule has 0 spiro atoms. The molecule has 0 fully saturated rings. The molecular formula is C14H13Cl2NO2. The molecule has 0 saturated heterocycles. The number of aromatic nitrogens is 1. The number of methoxy groups -OCH3 is 1. The fraction of sp³-hybridized carbons (Fsp3) is 0.214. The van der Waals surface area contributed by atoms with Crippen LogP contribution in [-0.4, -0.2) is 17.2 Å². The third kappa shape index (κ3) is 3.00. The molecule has 2 rings (SSSR count). The van der Waals surface area contributed by atoms with Gasteiger partial charge in [0.05, 0.1) is 22.8 Å². The smallest absolute Gasteiger partial charge is 0.123 e. The van der Waals surface area contributed by atoms with Crippen molar-refractivity contribution in [3.05, 3.63) is 57.3 Å². The van der Waals surface area contributed by atoms with Crippen LogP contribution in [0.15, 0.2) is 30.5 Å². The zero-order chi connectivity index (χ0) is 14.0. The quantitative estimate of drug-likeness (QED) is 0.937. The number of aliphatic hydroxyl groups is 1. The first kappa shape index (κ1) is 14.1. The molecule has 0 bridgehead atoms. The Labute approximate surface area is 121 Å². The van der Waals surface area contributed by atoms with E-state index < -0.39 is 6.10 Å². The minimum absolute atomic E-state index is 0.343. The summed E-state index contributed by atoms with van der Waals surface area (Å²) in [5.41, 5.74) is 2.02. The van der Waals surface area contributed by atoms with Crippen LogP contribution in [0.3, 0.4) is 0 Å². The standard InChI is InChI=1S/C14H13Cl2NO2/c1-8-5-10(19-2)3-4-11(8)14(18)13-12(16)6-9(15)7-17-13/h3-7,14,18H,1-2H3. The van der Waals surface area contributed by atoms with E-state index in [1.54, 1.807) is 25.3 Å². The number of nitrogens with zero attached hydrogens (tertiary/aromatic N) is 1. The van der Waals surface area contributed by atoms with Crippen LogP contribution in [0, 0.1) is 6.92 Å². The highest BCUT2D eigenvalue weighted by Gasteiger charge is 2.18. The largest absolute Gasteiger partial charge is 0.497 e. The molecule has 1 aromatic carbocycles. The molecule has 2 aromatic rings. The number of benzene rings is 1. The van der Waals surface area contributed by atoms with Crippen molar-refractivity contribution in [2.75, 3.05) is 7.11 Å². The van der Waals surface area contributed by atoms with E-state index in [9.17, 15) is 5.11 Å². The highest BCUT2D eigenvalue weighted by Crippen LogP contribution is 2.31. The van der Waals surface area contributed by atoms with Crippen LogP contribution in [-0.2, 0) is 0 Å². The van der Waals surface area contributed by atoms with E-state index in [1.807, 2.05) is 13.0 Å². The lowest BCUT2D eigenvalue weighted by Gasteiger charge is -2.15. The molecule has 1 atom stereocenters. The van der Waals surface area contributed by atoms with E-state index in [2.05, 4.69) is 4.98 Å². The number of aryl methyl sites for hydroxylation is 1. The van der Waals surface area contributed by atoms with Gasteiger partial charge in [0.2, 0.25) is 0 Å². The second-order valence-electron chi connectivity index (χ2n) is 4.15. The van der Waals surface area contributed by atoms with E-state index >= 15 is 0 Å². The van der Waals surface area contributed by atoms with Gasteiger partial charge in [0.15, 0.2) is 0 Å². The molecule has 0 aliphatic heterocycles. The number of hydrogen-bond acceptors (Lipinski definition) is 3. The molecule has 5 heteroatoms. The Morgan fingerprint density at radius 2 is 2.00 bits per heavy atom. The second-order valence-corrected chi connectivity index (χ2v) is 4.99. The van der Waals surface area contributed by atoms with Crippen LogP contribution in [0.1, 0.15) is 22.9 Å². The molecule has 1 aromatic heterocycles. The van der Waals surface area contributed by atoms with Crippen LogP contribution in [0.2, 0.25) is 10.0 Å². The molecule has 0 amide bonds. The first-order chi connectivity index (χ1) is 9.02. The predicted octanol–water partition coefficient (Wildman–Crippen LogP) is 3.79. The minimum atomic E-state index is -0.893. The van der Waals surface area contributed by atoms with Crippen molar-refractivity contribution in [3.63, 3.8) is 0 Å². The molecule has 3 nitrogen and oxygen atoms in total. The topological polar surface area (TPSA) is 42.4 Å². The summed E-state index contributed by atoms with van der Waals surface area (Å²) in [6.07, 6.45) is 0.570. The Kier molecular flexibility index (Phi) is 4.30. The summed E-state index contributed by atoms with van der Waals surface area (Å²) in [5, 5.41) is 11.2. The molecule has 0 aliphatic carbocycles. The van der Waals surface area contributed by atoms with Crippen molar-refractivity contribution in [2.45, 2.75) is 13.0 Å². The van der Waals surface area contributed by atoms with Crippen LogP contribution >= 0.6 is 23.2 Å². The zero-order valence-electron chi connectivity index (χ0n) is 10.5. The van der Waals surface area contributed by atoms with Crippen molar-refractivity contribution >= 4 is 23.2 Å². The van der Waals surface area contributed by atoms with Crippen LogP contribution in [0.4, 0.5) is 0 Å². The van der Waals surface area contributed by atoms with Crippen molar-refractivity contribution in [2.24, 2.45) is 0 Å². The van der Waals surface area contributed by atoms with Crippen LogP contribution in [0.25, 0.3) is 0 Å². The first-order valence-corrected chi connectivity index (χ1v) is 6.42. The number of hydrogen-bond donors (Lipinski definition) is 1. The highest BCUT2D eigenvalue weighted by molar-refractivity contribution is 6.34. The lowest BCUT2D eigenvalue weighted by atomic mass is 10.0. The monoisotopic (exact) mass is 297 g/mol. The summed E-state index contributed by atoms with van der Waals surface area (Å²) in [6.45, 7) is 1.89. The van der Waals surface area contributed by atoms with Crippen molar-refractivity contribution < 1.29 is 9.84 Å². The number of halogens is 2. The van der Waals surface area contributed by atoms with Gasteiger partial charge < -0.3 is 9.84 Å². The average molecular weight is 298 g/mol. The van der Waals surface area contributed by atoms with Gasteiger partial charge in [0.25, 0.3) is 0 Å². The van der Waals surface area contributed by atoms with Gasteiger partial charge in [0, 0.05) is 6.20 Å². The van der Waals surface area contributed by atoms with Crippen LogP contribution in [0.5, 0.6) is 5.75 Å². The lowest BCUT2D eigenvalue weighted by Crippen LogP contribution is -2.05. The fourth-order valence-corrected chi connectivity index (χ4v) is 2.34. The van der Waals surface area contributed by atoms with E-state index in [4.69, 9.17) is 27.9 Å². The summed E-state index contributed by atoms with van der Waals surface area (Å²) in [7, 11) is 1.60. The van der Waals surface area contributed by atoms with Crippen molar-refractivity contribution in [1.82, 2.24) is 4.98 Å². The van der Waals surface area contributed by atoms with Gasteiger partial charge in [-0.15, -0.1) is 0 Å². The molecule has 19 heavy (non-hydrogen) atoms. The summed E-state index contributed by atoms with van der Waals surface area (Å²) < 4.78 is 5.13. The van der Waals surface area contributed by atoms with E-state index in [0.717, 1.165) is 16.9 Å². The molecule has 0 aliphatic rings. The summed E-state index contributed by atoms with van der Waals surface area (Å²) in [6, 6.07) is 7.00. The van der Waals surface area contributed by atoms with E-state index in [1.165, 1.54) is 6.20 Å². The Bertz CT molecular complexity index is 602. The molecular weight excluding hydrogens is 285 g/mol. The number of ether oxygens (including phenoxy) is 1. The Morgan fingerprint density at radius 1 is 1.26 bits per heavy atom. The predicted molar refractivity (Wildman–Crippen MR) is 76.0 cm³/mol. The van der Waals surface area contributed by atoms with Gasteiger partial charge in [-0.2, -0.15) is 0 Å². The van der Waals surface area contributed by atoms with Gasteiger partial charge in [-0.05, 0) is 36.2 Å². The third-order valence-corrected chi connectivity index (χ3v) is 3.38. The van der Waals surface area contributed by atoms with Crippen LogP contribution < -0.4 is 4.74 Å². The fourth-order valence-electron chi connectivity index (χ4n) is 1.86. The van der Waals surface area contributed by atoms with Gasteiger partial charge in [-0.1, -0.05) is 29.3 Å². The Hall–Kier alpha value is -1.29. The number of aliphatic hydroxyl groups excluding tert-OH is 1. The maximum atomic E-state index is 10.4. The Balaban J connectivity index is 2.41. The molecule has 1 N–H and O–H groups in total. The van der Waals surface area contributed by atoms with Crippen molar-refractivity contribution in [3.8, 4) is 5.75 Å². The molecule has 1 heterocycles. The minimum Gasteiger partial charge on any atom is -0.497 e. The van der Waals surface area contributed by atoms with Crippen molar-refractivity contribution in [1.29, 1.82) is 0 Å². The van der Waals surface area contributed by atoms with Gasteiger partial charge in [-0.25, -0.2) is 0 Å². The zero-order valence-corrected chi connectivity index (χ0v) is 12.0. The number of pyridine rings is 1. The first-order valence-electron chi connectivity index (χ1n) is 5.66. The maximum absolute atomic E-state index is 10.4.